The predicted molar refractivity (Wildman–Crippen MR) is 124 cm³/mol. The van der Waals surface area contributed by atoms with Gasteiger partial charge < -0.3 is 14.6 Å². The summed E-state index contributed by atoms with van der Waals surface area (Å²) < 4.78 is 11.7. The van der Waals surface area contributed by atoms with Crippen LogP contribution in [0.1, 0.15) is 36.6 Å². The number of nitrogens with zero attached hydrogens (tertiary/aromatic N) is 2. The molecule has 0 spiro atoms. The van der Waals surface area contributed by atoms with E-state index in [2.05, 4.69) is 11.9 Å². The van der Waals surface area contributed by atoms with Crippen LogP contribution in [0.5, 0.6) is 11.5 Å². The average Bonchev–Trinajstić information content (AvgIpc) is 3.16. The molecule has 0 unspecified atom stereocenters. The Hall–Kier alpha value is -2.89. The molecule has 0 bridgehead atoms. The number of benzene rings is 2. The van der Waals surface area contributed by atoms with E-state index in [0.29, 0.717) is 29.7 Å². The highest BCUT2D eigenvalue weighted by Gasteiger charge is 2.21. The maximum absolute atomic E-state index is 9.47. The van der Waals surface area contributed by atoms with Crippen LogP contribution in [0.2, 0.25) is 5.02 Å². The molecule has 1 aromatic heterocycles. The molecule has 6 heteroatoms. The number of aliphatic imine (C=N–C) groups is 1. The van der Waals surface area contributed by atoms with Gasteiger partial charge in [0.05, 0.1) is 41.7 Å². The summed E-state index contributed by atoms with van der Waals surface area (Å²) in [6.45, 7) is 4.78. The zero-order chi connectivity index (χ0) is 21.8. The smallest absolute Gasteiger partial charge is 0.201 e. The van der Waals surface area contributed by atoms with E-state index in [1.54, 1.807) is 0 Å². The normalized spacial score (nSPS) is 12.5. The summed E-state index contributed by atoms with van der Waals surface area (Å²) in [5.41, 5.74) is 5.04. The SMILES string of the molecule is CCCCOc1ccc(-c2nc3c(cc2Cl)N=C(Oc2ccc(C)c(CO)c2)C3)cc1. The third-order valence-corrected chi connectivity index (χ3v) is 5.51. The molecule has 1 aliphatic rings. The maximum atomic E-state index is 9.47. The molecule has 0 saturated heterocycles. The van der Waals surface area contributed by atoms with Crippen molar-refractivity contribution in [3.05, 3.63) is 70.4 Å². The highest BCUT2D eigenvalue weighted by Crippen LogP contribution is 2.35. The van der Waals surface area contributed by atoms with Crippen LogP contribution in [-0.4, -0.2) is 22.6 Å². The van der Waals surface area contributed by atoms with E-state index in [-0.39, 0.29) is 6.61 Å². The van der Waals surface area contributed by atoms with Crippen molar-refractivity contribution in [3.63, 3.8) is 0 Å². The third kappa shape index (κ3) is 4.89. The third-order valence-electron chi connectivity index (χ3n) is 5.22. The standard InChI is InChI=1S/C25H25ClN2O3/c1-3-4-11-30-19-9-6-17(7-10-19)25-21(26)13-22-23(28-25)14-24(27-22)31-20-8-5-16(2)18(12-20)15-29/h5-10,12-13,29H,3-4,11,14-15H2,1-2H3. The Balaban J connectivity index is 1.49. The van der Waals surface area contributed by atoms with E-state index in [1.165, 1.54) is 0 Å². The van der Waals surface area contributed by atoms with E-state index in [0.717, 1.165) is 52.4 Å². The predicted octanol–water partition coefficient (Wildman–Crippen LogP) is 6.05. The molecule has 160 valence electrons. The second kappa shape index (κ2) is 9.50. The van der Waals surface area contributed by atoms with Crippen LogP contribution in [0.15, 0.2) is 53.5 Å². The van der Waals surface area contributed by atoms with Gasteiger partial charge in [-0.2, -0.15) is 0 Å². The van der Waals surface area contributed by atoms with Gasteiger partial charge in [0.15, 0.2) is 0 Å². The van der Waals surface area contributed by atoms with Crippen LogP contribution in [0.3, 0.4) is 0 Å². The topological polar surface area (TPSA) is 63.9 Å². The molecule has 4 rings (SSSR count). The number of aliphatic hydroxyl groups is 1. The van der Waals surface area contributed by atoms with Crippen LogP contribution in [0, 0.1) is 6.92 Å². The number of halogens is 1. The summed E-state index contributed by atoms with van der Waals surface area (Å²) in [5, 5.41) is 10.0. The second-order valence-corrected chi connectivity index (χ2v) is 7.95. The Labute approximate surface area is 187 Å². The van der Waals surface area contributed by atoms with Gasteiger partial charge in [0.25, 0.3) is 0 Å². The average molecular weight is 437 g/mol. The van der Waals surface area contributed by atoms with Gasteiger partial charge in [0.2, 0.25) is 5.90 Å². The summed E-state index contributed by atoms with van der Waals surface area (Å²) in [4.78, 5) is 9.30. The summed E-state index contributed by atoms with van der Waals surface area (Å²) >= 11 is 6.52. The maximum Gasteiger partial charge on any atom is 0.201 e. The molecule has 2 aromatic carbocycles. The number of fused-ring (bicyclic) bond motifs is 1. The molecule has 1 N–H and O–H groups in total. The van der Waals surface area contributed by atoms with Crippen LogP contribution in [-0.2, 0) is 13.0 Å². The molecule has 0 saturated carbocycles. The minimum absolute atomic E-state index is 0.0291. The van der Waals surface area contributed by atoms with Gasteiger partial charge in [0.1, 0.15) is 11.5 Å². The fourth-order valence-corrected chi connectivity index (χ4v) is 3.64. The summed E-state index contributed by atoms with van der Waals surface area (Å²) in [6.07, 6.45) is 2.63. The lowest BCUT2D eigenvalue weighted by Crippen LogP contribution is -2.09. The molecular formula is C25H25ClN2O3. The summed E-state index contributed by atoms with van der Waals surface area (Å²) in [5.74, 6) is 2.04. The van der Waals surface area contributed by atoms with Crippen molar-refractivity contribution < 1.29 is 14.6 Å². The fraction of sp³-hybridized carbons (Fsp3) is 0.280. The van der Waals surface area contributed by atoms with E-state index in [9.17, 15) is 5.11 Å². The van der Waals surface area contributed by atoms with Crippen molar-refractivity contribution in [3.8, 4) is 22.8 Å². The lowest BCUT2D eigenvalue weighted by molar-refractivity contribution is 0.280. The van der Waals surface area contributed by atoms with E-state index in [1.807, 2.05) is 55.5 Å². The summed E-state index contributed by atoms with van der Waals surface area (Å²) in [6, 6.07) is 15.3. The zero-order valence-electron chi connectivity index (χ0n) is 17.7. The first-order valence-corrected chi connectivity index (χ1v) is 10.8. The first kappa shape index (κ1) is 21.3. The number of hydrogen-bond acceptors (Lipinski definition) is 5. The Kier molecular flexibility index (Phi) is 6.54. The molecule has 0 atom stereocenters. The van der Waals surface area contributed by atoms with Crippen LogP contribution < -0.4 is 9.47 Å². The van der Waals surface area contributed by atoms with Crippen LogP contribution in [0.4, 0.5) is 5.69 Å². The number of aromatic nitrogens is 1. The van der Waals surface area contributed by atoms with E-state index < -0.39 is 0 Å². The van der Waals surface area contributed by atoms with Gasteiger partial charge in [-0.25, -0.2) is 9.98 Å². The quantitative estimate of drug-likeness (QED) is 0.458. The van der Waals surface area contributed by atoms with Crippen molar-refractivity contribution in [1.29, 1.82) is 0 Å². The van der Waals surface area contributed by atoms with Crippen molar-refractivity contribution in [2.24, 2.45) is 4.99 Å². The lowest BCUT2D eigenvalue weighted by atomic mass is 10.1. The molecule has 31 heavy (non-hydrogen) atoms. The van der Waals surface area contributed by atoms with Crippen molar-refractivity contribution in [2.75, 3.05) is 6.61 Å². The molecule has 0 radical (unpaired) electrons. The van der Waals surface area contributed by atoms with Gasteiger partial charge in [-0.15, -0.1) is 0 Å². The van der Waals surface area contributed by atoms with Gasteiger partial charge >= 0.3 is 0 Å². The molecule has 0 aliphatic carbocycles. The fourth-order valence-electron chi connectivity index (χ4n) is 3.38. The van der Waals surface area contributed by atoms with Gasteiger partial charge in [-0.3, -0.25) is 0 Å². The number of rotatable bonds is 7. The van der Waals surface area contributed by atoms with Gasteiger partial charge in [-0.1, -0.05) is 31.0 Å². The van der Waals surface area contributed by atoms with Crippen LogP contribution in [0.25, 0.3) is 11.3 Å². The van der Waals surface area contributed by atoms with E-state index in [4.69, 9.17) is 26.1 Å². The zero-order valence-corrected chi connectivity index (χ0v) is 18.4. The highest BCUT2D eigenvalue weighted by atomic mass is 35.5. The summed E-state index contributed by atoms with van der Waals surface area (Å²) in [7, 11) is 0. The van der Waals surface area contributed by atoms with Gasteiger partial charge in [0, 0.05) is 5.56 Å². The molecule has 1 aliphatic heterocycles. The number of ether oxygens (including phenoxy) is 2. The number of pyridine rings is 1. The Morgan fingerprint density at radius 3 is 2.58 bits per heavy atom. The number of aliphatic hydroxyl groups excluding tert-OH is 1. The Bertz CT molecular complexity index is 1110. The van der Waals surface area contributed by atoms with E-state index >= 15 is 0 Å². The molecular weight excluding hydrogens is 412 g/mol. The lowest BCUT2D eigenvalue weighted by Gasteiger charge is -2.09. The van der Waals surface area contributed by atoms with Crippen LogP contribution >= 0.6 is 11.6 Å². The highest BCUT2D eigenvalue weighted by molar-refractivity contribution is 6.33. The molecule has 5 nitrogen and oxygen atoms in total. The van der Waals surface area contributed by atoms with Crippen molar-refractivity contribution >= 4 is 23.2 Å². The van der Waals surface area contributed by atoms with Gasteiger partial charge in [-0.05, 0) is 66.9 Å². The molecule has 0 amide bonds. The Morgan fingerprint density at radius 2 is 1.84 bits per heavy atom. The number of unbranched alkanes of at least 4 members (excludes halogenated alkanes) is 1. The first-order chi connectivity index (χ1) is 15.1. The monoisotopic (exact) mass is 436 g/mol. The molecule has 2 heterocycles. The van der Waals surface area contributed by atoms with Crippen molar-refractivity contribution in [1.82, 2.24) is 4.98 Å². The second-order valence-electron chi connectivity index (χ2n) is 7.54. The molecule has 3 aromatic rings. The minimum atomic E-state index is -0.0291. The first-order valence-electron chi connectivity index (χ1n) is 10.5. The number of aryl methyl sites for hydroxylation is 1. The van der Waals surface area contributed by atoms with Crippen molar-refractivity contribution in [2.45, 2.75) is 39.7 Å². The minimum Gasteiger partial charge on any atom is -0.494 e. The Morgan fingerprint density at radius 1 is 1.06 bits per heavy atom. The number of hydrogen-bond donors (Lipinski definition) is 1. The largest absolute Gasteiger partial charge is 0.494 e. The molecule has 0 fully saturated rings.